The number of aryl methyl sites for hydroxylation is 1. The number of hydrogen-bond donors (Lipinski definition) is 1. The molecule has 1 aromatic rings. The molecule has 1 saturated heterocycles. The average molecular weight is 289 g/mol. The van der Waals surface area contributed by atoms with Gasteiger partial charge in [0.2, 0.25) is 0 Å². The van der Waals surface area contributed by atoms with Crippen molar-refractivity contribution in [2.45, 2.75) is 26.2 Å². The maximum Gasteiger partial charge on any atom is 0.317 e. The van der Waals surface area contributed by atoms with Crippen LogP contribution in [0.2, 0.25) is 0 Å². The lowest BCUT2D eigenvalue weighted by Gasteiger charge is -2.34. The third-order valence-electron chi connectivity index (χ3n) is 3.96. The second-order valence-electron chi connectivity index (χ2n) is 5.65. The summed E-state index contributed by atoms with van der Waals surface area (Å²) >= 11 is 0. The minimum absolute atomic E-state index is 0.0965. The summed E-state index contributed by atoms with van der Waals surface area (Å²) in [7, 11) is 0. The minimum Gasteiger partial charge on any atom is -0.338 e. The Kier molecular flexibility index (Phi) is 6.54. The zero-order valence-electron chi connectivity index (χ0n) is 13.1. The van der Waals surface area contributed by atoms with Crippen LogP contribution in [0, 0.1) is 0 Å². The van der Waals surface area contributed by atoms with E-state index in [4.69, 9.17) is 0 Å². The summed E-state index contributed by atoms with van der Waals surface area (Å²) in [6.07, 6.45) is 3.20. The lowest BCUT2D eigenvalue weighted by Crippen LogP contribution is -2.51. The van der Waals surface area contributed by atoms with Gasteiger partial charge in [-0.05, 0) is 31.4 Å². The number of nitrogens with zero attached hydrogens (tertiary/aromatic N) is 2. The zero-order chi connectivity index (χ0) is 14.9. The fourth-order valence-corrected chi connectivity index (χ4v) is 2.74. The molecule has 0 unspecified atom stereocenters. The van der Waals surface area contributed by atoms with Crippen LogP contribution in [-0.2, 0) is 6.42 Å². The van der Waals surface area contributed by atoms with E-state index in [1.54, 1.807) is 0 Å². The van der Waals surface area contributed by atoms with Gasteiger partial charge < -0.3 is 10.2 Å². The normalized spacial score (nSPS) is 16.0. The van der Waals surface area contributed by atoms with Crippen LogP contribution in [0.25, 0.3) is 0 Å². The smallest absolute Gasteiger partial charge is 0.317 e. The molecule has 116 valence electrons. The minimum atomic E-state index is 0.0965. The quantitative estimate of drug-likeness (QED) is 0.816. The number of amides is 2. The number of urea groups is 1. The van der Waals surface area contributed by atoms with Crippen molar-refractivity contribution in [1.29, 1.82) is 0 Å². The zero-order valence-corrected chi connectivity index (χ0v) is 13.1. The lowest BCUT2D eigenvalue weighted by atomic mass is 10.1. The number of nitrogens with one attached hydrogen (secondary N) is 1. The van der Waals surface area contributed by atoms with Crippen molar-refractivity contribution in [2.75, 3.05) is 39.3 Å². The Hall–Kier alpha value is -1.55. The highest BCUT2D eigenvalue weighted by Crippen LogP contribution is 2.04. The van der Waals surface area contributed by atoms with Crippen molar-refractivity contribution in [2.24, 2.45) is 0 Å². The van der Waals surface area contributed by atoms with E-state index in [0.717, 1.165) is 52.1 Å². The van der Waals surface area contributed by atoms with Crippen LogP contribution in [0.4, 0.5) is 4.79 Å². The standard InChI is InChI=1S/C17H27N3O/c1-2-11-19-12-14-20(15-13-19)17(21)18-10-6-9-16-7-4-3-5-8-16/h3-5,7-8H,2,6,9-15H2,1H3,(H,18,21). The van der Waals surface area contributed by atoms with E-state index in [1.807, 2.05) is 11.0 Å². The first-order valence-corrected chi connectivity index (χ1v) is 8.08. The summed E-state index contributed by atoms with van der Waals surface area (Å²) in [6, 6.07) is 10.5. The highest BCUT2D eigenvalue weighted by atomic mass is 16.2. The Bertz CT molecular complexity index is 413. The summed E-state index contributed by atoms with van der Waals surface area (Å²) < 4.78 is 0. The van der Waals surface area contributed by atoms with Crippen molar-refractivity contribution < 1.29 is 4.79 Å². The second kappa shape index (κ2) is 8.67. The van der Waals surface area contributed by atoms with E-state index in [2.05, 4.69) is 41.4 Å². The molecule has 4 heteroatoms. The third kappa shape index (κ3) is 5.38. The first-order chi connectivity index (χ1) is 10.3. The van der Waals surface area contributed by atoms with E-state index in [-0.39, 0.29) is 6.03 Å². The predicted octanol–water partition coefficient (Wildman–Crippen LogP) is 2.36. The van der Waals surface area contributed by atoms with Crippen molar-refractivity contribution in [3.63, 3.8) is 0 Å². The first kappa shape index (κ1) is 15.8. The second-order valence-corrected chi connectivity index (χ2v) is 5.65. The Morgan fingerprint density at radius 1 is 1.14 bits per heavy atom. The van der Waals surface area contributed by atoms with Crippen molar-refractivity contribution in [1.82, 2.24) is 15.1 Å². The number of piperazine rings is 1. The molecule has 0 atom stereocenters. The summed E-state index contributed by atoms with van der Waals surface area (Å²) in [5.41, 5.74) is 1.33. The number of carbonyl (C=O) groups excluding carboxylic acids is 1. The van der Waals surface area contributed by atoms with Gasteiger partial charge in [0.25, 0.3) is 0 Å². The molecule has 1 heterocycles. The van der Waals surface area contributed by atoms with E-state index in [1.165, 1.54) is 12.0 Å². The van der Waals surface area contributed by atoms with Crippen LogP contribution in [0.3, 0.4) is 0 Å². The van der Waals surface area contributed by atoms with Gasteiger partial charge in [-0.1, -0.05) is 37.3 Å². The average Bonchev–Trinajstić information content (AvgIpc) is 2.53. The van der Waals surface area contributed by atoms with Crippen molar-refractivity contribution in [3.8, 4) is 0 Å². The van der Waals surface area contributed by atoms with E-state index >= 15 is 0 Å². The third-order valence-corrected chi connectivity index (χ3v) is 3.96. The molecule has 1 aliphatic rings. The summed E-state index contributed by atoms with van der Waals surface area (Å²) in [4.78, 5) is 16.4. The Balaban J connectivity index is 1.60. The summed E-state index contributed by atoms with van der Waals surface area (Å²) in [5.74, 6) is 0. The molecule has 1 aliphatic heterocycles. The lowest BCUT2D eigenvalue weighted by molar-refractivity contribution is 0.139. The van der Waals surface area contributed by atoms with Gasteiger partial charge >= 0.3 is 6.03 Å². The number of carbonyl (C=O) groups is 1. The summed E-state index contributed by atoms with van der Waals surface area (Å²) in [5, 5.41) is 3.04. The largest absolute Gasteiger partial charge is 0.338 e. The maximum atomic E-state index is 12.1. The molecule has 1 N–H and O–H groups in total. The highest BCUT2D eigenvalue weighted by Gasteiger charge is 2.19. The highest BCUT2D eigenvalue weighted by molar-refractivity contribution is 5.74. The fraction of sp³-hybridized carbons (Fsp3) is 0.588. The molecule has 0 spiro atoms. The Morgan fingerprint density at radius 2 is 1.86 bits per heavy atom. The van der Waals surface area contributed by atoms with Crippen molar-refractivity contribution in [3.05, 3.63) is 35.9 Å². The first-order valence-electron chi connectivity index (χ1n) is 8.08. The SMILES string of the molecule is CCCN1CCN(C(=O)NCCCc2ccccc2)CC1. The molecule has 0 saturated carbocycles. The van der Waals surface area contributed by atoms with Gasteiger partial charge in [0.05, 0.1) is 0 Å². The summed E-state index contributed by atoms with van der Waals surface area (Å²) in [6.45, 7) is 7.81. The molecule has 0 bridgehead atoms. The van der Waals surface area contributed by atoms with Crippen LogP contribution < -0.4 is 5.32 Å². The molecular formula is C17H27N3O. The molecule has 1 aromatic carbocycles. The van der Waals surface area contributed by atoms with Gasteiger partial charge in [-0.2, -0.15) is 0 Å². The molecular weight excluding hydrogens is 262 g/mol. The molecule has 2 rings (SSSR count). The Morgan fingerprint density at radius 3 is 2.52 bits per heavy atom. The molecule has 0 aromatic heterocycles. The van der Waals surface area contributed by atoms with Crippen LogP contribution in [-0.4, -0.2) is 55.1 Å². The van der Waals surface area contributed by atoms with Crippen LogP contribution in [0.1, 0.15) is 25.3 Å². The topological polar surface area (TPSA) is 35.6 Å². The van der Waals surface area contributed by atoms with Crippen LogP contribution >= 0.6 is 0 Å². The Labute approximate surface area is 128 Å². The number of benzene rings is 1. The van der Waals surface area contributed by atoms with E-state index in [9.17, 15) is 4.79 Å². The van der Waals surface area contributed by atoms with Gasteiger partial charge in [0.15, 0.2) is 0 Å². The van der Waals surface area contributed by atoms with Gasteiger partial charge in [0.1, 0.15) is 0 Å². The molecule has 1 fully saturated rings. The van der Waals surface area contributed by atoms with Gasteiger partial charge in [0, 0.05) is 32.7 Å². The monoisotopic (exact) mass is 289 g/mol. The molecule has 21 heavy (non-hydrogen) atoms. The van der Waals surface area contributed by atoms with Gasteiger partial charge in [-0.15, -0.1) is 0 Å². The molecule has 0 aliphatic carbocycles. The van der Waals surface area contributed by atoms with E-state index in [0.29, 0.717) is 0 Å². The van der Waals surface area contributed by atoms with Crippen LogP contribution in [0.15, 0.2) is 30.3 Å². The van der Waals surface area contributed by atoms with Crippen LogP contribution in [0.5, 0.6) is 0 Å². The van der Waals surface area contributed by atoms with Gasteiger partial charge in [-0.25, -0.2) is 4.79 Å². The van der Waals surface area contributed by atoms with E-state index < -0.39 is 0 Å². The molecule has 0 radical (unpaired) electrons. The van der Waals surface area contributed by atoms with Crippen molar-refractivity contribution >= 4 is 6.03 Å². The van der Waals surface area contributed by atoms with Gasteiger partial charge in [-0.3, -0.25) is 4.90 Å². The predicted molar refractivity (Wildman–Crippen MR) is 86.5 cm³/mol. The molecule has 2 amide bonds. The maximum absolute atomic E-state index is 12.1. The number of rotatable bonds is 6. The number of hydrogen-bond acceptors (Lipinski definition) is 2. The fourth-order valence-electron chi connectivity index (χ4n) is 2.74. The molecule has 4 nitrogen and oxygen atoms in total.